The van der Waals surface area contributed by atoms with Crippen LogP contribution in [0.25, 0.3) is 0 Å². The smallest absolute Gasteiger partial charge is 0.417 e. The molecule has 0 aliphatic heterocycles. The fraction of sp³-hybridized carbons (Fsp3) is 0.375. The van der Waals surface area contributed by atoms with Gasteiger partial charge in [-0.05, 0) is 29.0 Å². The Morgan fingerprint density at radius 2 is 1.56 bits per heavy atom. The summed E-state index contributed by atoms with van der Waals surface area (Å²) >= 11 is 3.19. The SMILES string of the molecule is CC(C)(C)c1ccc(C(C#N)(C(=O)OCCCBr)C(=O)c2ccccc2C(F)(F)F)cc1. The summed E-state index contributed by atoms with van der Waals surface area (Å²) in [4.78, 5) is 26.6. The Bertz CT molecular complexity index is 1020. The number of ether oxygens (including phenoxy) is 1. The number of benzene rings is 2. The van der Waals surface area contributed by atoms with Gasteiger partial charge in [0.15, 0.2) is 5.78 Å². The summed E-state index contributed by atoms with van der Waals surface area (Å²) in [5, 5.41) is 10.6. The molecule has 32 heavy (non-hydrogen) atoms. The Morgan fingerprint density at radius 1 is 1.00 bits per heavy atom. The molecule has 0 saturated heterocycles. The maximum atomic E-state index is 13.6. The molecule has 0 aliphatic carbocycles. The van der Waals surface area contributed by atoms with Crippen molar-refractivity contribution in [3.63, 3.8) is 0 Å². The minimum Gasteiger partial charge on any atom is -0.464 e. The van der Waals surface area contributed by atoms with Crippen LogP contribution in [0.5, 0.6) is 0 Å². The number of nitrogens with zero attached hydrogens (tertiary/aromatic N) is 1. The predicted molar refractivity (Wildman–Crippen MR) is 118 cm³/mol. The van der Waals surface area contributed by atoms with Crippen LogP contribution < -0.4 is 0 Å². The van der Waals surface area contributed by atoms with Gasteiger partial charge < -0.3 is 4.74 Å². The summed E-state index contributed by atoms with van der Waals surface area (Å²) in [6.07, 6.45) is -4.44. The molecule has 0 heterocycles. The van der Waals surface area contributed by atoms with Gasteiger partial charge in [-0.15, -0.1) is 0 Å². The molecule has 0 aliphatic rings. The third kappa shape index (κ3) is 5.21. The molecule has 2 aromatic rings. The molecule has 0 amide bonds. The van der Waals surface area contributed by atoms with Gasteiger partial charge in [0.05, 0.1) is 18.2 Å². The van der Waals surface area contributed by atoms with Crippen LogP contribution >= 0.6 is 15.9 Å². The largest absolute Gasteiger partial charge is 0.464 e. The van der Waals surface area contributed by atoms with Crippen molar-refractivity contribution in [1.82, 2.24) is 0 Å². The number of nitriles is 1. The van der Waals surface area contributed by atoms with Crippen molar-refractivity contribution in [3.8, 4) is 6.07 Å². The van der Waals surface area contributed by atoms with E-state index in [2.05, 4.69) is 15.9 Å². The number of hydrogen-bond acceptors (Lipinski definition) is 4. The zero-order valence-electron chi connectivity index (χ0n) is 17.9. The van der Waals surface area contributed by atoms with Crippen LogP contribution in [0.1, 0.15) is 54.2 Å². The van der Waals surface area contributed by atoms with Crippen LogP contribution in [-0.2, 0) is 26.5 Å². The first-order valence-corrected chi connectivity index (χ1v) is 11.0. The molecule has 0 radical (unpaired) electrons. The van der Waals surface area contributed by atoms with E-state index in [4.69, 9.17) is 4.74 Å². The zero-order chi connectivity index (χ0) is 24.2. The lowest BCUT2D eigenvalue weighted by molar-refractivity contribution is -0.147. The first kappa shape index (κ1) is 25.6. The second-order valence-corrected chi connectivity index (χ2v) is 9.03. The molecule has 0 N–H and O–H groups in total. The molecule has 170 valence electrons. The average Bonchev–Trinajstić information content (AvgIpc) is 2.74. The highest BCUT2D eigenvalue weighted by Gasteiger charge is 2.52. The van der Waals surface area contributed by atoms with E-state index in [1.807, 2.05) is 20.8 Å². The Balaban J connectivity index is 2.71. The summed E-state index contributed by atoms with van der Waals surface area (Å²) in [7, 11) is 0. The van der Waals surface area contributed by atoms with Crippen molar-refractivity contribution in [2.24, 2.45) is 0 Å². The lowest BCUT2D eigenvalue weighted by Gasteiger charge is -2.26. The van der Waals surface area contributed by atoms with Gasteiger partial charge in [0.25, 0.3) is 0 Å². The molecule has 2 rings (SSSR count). The molecule has 0 bridgehead atoms. The Morgan fingerprint density at radius 3 is 2.06 bits per heavy atom. The van der Waals surface area contributed by atoms with E-state index >= 15 is 0 Å². The highest BCUT2D eigenvalue weighted by atomic mass is 79.9. The number of alkyl halides is 4. The first-order valence-electron chi connectivity index (χ1n) is 9.86. The topological polar surface area (TPSA) is 67.2 Å². The fourth-order valence-electron chi connectivity index (χ4n) is 3.18. The van der Waals surface area contributed by atoms with Crippen molar-refractivity contribution >= 4 is 27.7 Å². The molecule has 1 atom stereocenters. The highest BCUT2D eigenvalue weighted by molar-refractivity contribution is 9.09. The summed E-state index contributed by atoms with van der Waals surface area (Å²) in [5.41, 5.74) is -3.99. The Labute approximate surface area is 193 Å². The number of carbonyl (C=O) groups is 2. The van der Waals surface area contributed by atoms with Crippen molar-refractivity contribution in [3.05, 3.63) is 70.8 Å². The van der Waals surface area contributed by atoms with Crippen molar-refractivity contribution < 1.29 is 27.5 Å². The monoisotopic (exact) mass is 509 g/mol. The van der Waals surface area contributed by atoms with E-state index < -0.39 is 34.5 Å². The molecule has 0 fully saturated rings. The van der Waals surface area contributed by atoms with Gasteiger partial charge in [0, 0.05) is 10.9 Å². The minimum atomic E-state index is -4.84. The number of halogens is 4. The quantitative estimate of drug-likeness (QED) is 0.151. The number of esters is 1. The number of carbonyl (C=O) groups excluding carboxylic acids is 2. The third-order valence-corrected chi connectivity index (χ3v) is 5.55. The van der Waals surface area contributed by atoms with Crippen LogP contribution in [0.15, 0.2) is 48.5 Å². The number of ketones is 1. The Hall–Kier alpha value is -2.66. The zero-order valence-corrected chi connectivity index (χ0v) is 19.5. The number of hydrogen-bond donors (Lipinski definition) is 0. The molecular weight excluding hydrogens is 487 g/mol. The van der Waals surface area contributed by atoms with Gasteiger partial charge in [-0.3, -0.25) is 4.79 Å². The van der Waals surface area contributed by atoms with E-state index in [-0.39, 0.29) is 17.6 Å². The van der Waals surface area contributed by atoms with Crippen LogP contribution in [-0.4, -0.2) is 23.7 Å². The molecule has 2 aromatic carbocycles. The summed E-state index contributed by atoms with van der Waals surface area (Å²) in [5.74, 6) is -2.48. The lowest BCUT2D eigenvalue weighted by atomic mass is 9.73. The van der Waals surface area contributed by atoms with E-state index in [0.717, 1.165) is 23.8 Å². The number of rotatable bonds is 7. The molecule has 0 spiro atoms. The second kappa shape index (κ2) is 9.86. The fourth-order valence-corrected chi connectivity index (χ4v) is 3.41. The number of Topliss-reactive ketones (excluding diaryl/α,β-unsaturated/α-hetero) is 1. The van der Waals surface area contributed by atoms with Gasteiger partial charge in [-0.25, -0.2) is 4.79 Å². The molecule has 1 unspecified atom stereocenters. The summed E-state index contributed by atoms with van der Waals surface area (Å²) in [6, 6.07) is 11.9. The second-order valence-electron chi connectivity index (χ2n) is 8.24. The van der Waals surface area contributed by atoms with E-state index in [1.165, 1.54) is 18.2 Å². The van der Waals surface area contributed by atoms with E-state index in [0.29, 0.717) is 11.8 Å². The molecule has 4 nitrogen and oxygen atoms in total. The molecule has 8 heteroatoms. The van der Waals surface area contributed by atoms with Crippen molar-refractivity contribution in [2.75, 3.05) is 11.9 Å². The summed E-state index contributed by atoms with van der Waals surface area (Å²) < 4.78 is 45.9. The highest BCUT2D eigenvalue weighted by Crippen LogP contribution is 2.37. The third-order valence-electron chi connectivity index (χ3n) is 4.99. The van der Waals surface area contributed by atoms with Gasteiger partial charge in [-0.2, -0.15) is 18.4 Å². The first-order chi connectivity index (χ1) is 14.9. The van der Waals surface area contributed by atoms with Gasteiger partial charge in [0.1, 0.15) is 0 Å². The predicted octanol–water partition coefficient (Wildman–Crippen LogP) is 5.98. The standard InChI is InChI=1S/C24H23BrF3NO3/c1-22(2,3)16-9-11-17(12-10-16)23(15-29,21(31)32-14-6-13-25)20(30)18-7-4-5-8-19(18)24(26,27)28/h4-5,7-12H,6,13-14H2,1-3H3. The average molecular weight is 510 g/mol. The van der Waals surface area contributed by atoms with Gasteiger partial charge in [0.2, 0.25) is 5.41 Å². The van der Waals surface area contributed by atoms with Crippen LogP contribution in [0.3, 0.4) is 0 Å². The molecular formula is C24H23BrF3NO3. The van der Waals surface area contributed by atoms with Gasteiger partial charge in [-0.1, -0.05) is 79.2 Å². The maximum Gasteiger partial charge on any atom is 0.417 e. The van der Waals surface area contributed by atoms with E-state index in [1.54, 1.807) is 18.2 Å². The maximum absolute atomic E-state index is 13.6. The van der Waals surface area contributed by atoms with E-state index in [9.17, 15) is 28.0 Å². The molecule has 0 saturated carbocycles. The van der Waals surface area contributed by atoms with Crippen LogP contribution in [0, 0.1) is 11.3 Å². The molecule has 0 aromatic heterocycles. The lowest BCUT2D eigenvalue weighted by Crippen LogP contribution is -2.44. The minimum absolute atomic E-state index is 0.0428. The van der Waals surface area contributed by atoms with Crippen LogP contribution in [0.2, 0.25) is 0 Å². The Kier molecular flexibility index (Phi) is 7.89. The summed E-state index contributed by atoms with van der Waals surface area (Å²) in [6.45, 7) is 5.78. The van der Waals surface area contributed by atoms with Crippen molar-refractivity contribution in [2.45, 2.75) is 44.2 Å². The normalized spacial score (nSPS) is 13.7. The van der Waals surface area contributed by atoms with Crippen molar-refractivity contribution in [1.29, 1.82) is 5.26 Å². The van der Waals surface area contributed by atoms with Gasteiger partial charge >= 0.3 is 12.1 Å². The van der Waals surface area contributed by atoms with Crippen LogP contribution in [0.4, 0.5) is 13.2 Å².